The van der Waals surface area contributed by atoms with E-state index in [1.54, 1.807) is 24.3 Å². The molecule has 1 amide bonds. The Kier molecular flexibility index (Phi) is 4.12. The van der Waals surface area contributed by atoms with E-state index in [1.807, 2.05) is 13.8 Å². The van der Waals surface area contributed by atoms with Crippen LogP contribution < -0.4 is 5.32 Å². The summed E-state index contributed by atoms with van der Waals surface area (Å²) in [6, 6.07) is 6.64. The lowest BCUT2D eigenvalue weighted by molar-refractivity contribution is -0.130. The molecule has 0 bridgehead atoms. The molecule has 1 atom stereocenters. The average molecular weight is 228 g/mol. The molecule has 0 saturated heterocycles. The van der Waals surface area contributed by atoms with Crippen LogP contribution in [0, 0.1) is 0 Å². The van der Waals surface area contributed by atoms with Crippen LogP contribution in [0.1, 0.15) is 25.5 Å². The van der Waals surface area contributed by atoms with Gasteiger partial charge in [0.05, 0.1) is 0 Å². The van der Waals surface area contributed by atoms with E-state index in [9.17, 15) is 9.90 Å². The van der Waals surface area contributed by atoms with Crippen LogP contribution in [0.4, 0.5) is 0 Å². The maximum atomic E-state index is 11.5. The second-order valence-corrected chi connectivity index (χ2v) is 4.06. The molecule has 0 fully saturated rings. The monoisotopic (exact) mass is 227 g/mol. The molecule has 0 aromatic heterocycles. The fourth-order valence-corrected chi connectivity index (χ4v) is 1.39. The number of benzene rings is 1. The summed E-state index contributed by atoms with van der Waals surface area (Å²) in [7, 11) is 0. The Balaban J connectivity index is 2.76. The van der Waals surface area contributed by atoms with Gasteiger partial charge < -0.3 is 10.4 Å². The van der Waals surface area contributed by atoms with Gasteiger partial charge in [-0.05, 0) is 31.5 Å². The van der Waals surface area contributed by atoms with Crippen molar-refractivity contribution in [3.63, 3.8) is 0 Å². The molecule has 82 valence electrons. The van der Waals surface area contributed by atoms with Crippen LogP contribution in [0.15, 0.2) is 24.3 Å². The minimum atomic E-state index is -1.16. The molecule has 1 aromatic rings. The van der Waals surface area contributed by atoms with Crippen molar-refractivity contribution in [2.24, 2.45) is 0 Å². The Morgan fingerprint density at radius 3 is 2.67 bits per heavy atom. The summed E-state index contributed by atoms with van der Waals surface area (Å²) in [5, 5.41) is 12.8. The van der Waals surface area contributed by atoms with E-state index in [4.69, 9.17) is 11.6 Å². The average Bonchev–Trinajstić information content (AvgIpc) is 2.15. The molecule has 1 rings (SSSR count). The third kappa shape index (κ3) is 3.53. The van der Waals surface area contributed by atoms with Crippen LogP contribution >= 0.6 is 11.6 Å². The number of carbonyl (C=O) groups is 1. The predicted octanol–water partition coefficient (Wildman–Crippen LogP) is 1.90. The molecule has 0 spiro atoms. The highest BCUT2D eigenvalue weighted by Gasteiger charge is 2.17. The molecule has 1 unspecified atom stereocenters. The van der Waals surface area contributed by atoms with Crippen molar-refractivity contribution in [1.82, 2.24) is 5.32 Å². The number of halogens is 1. The summed E-state index contributed by atoms with van der Waals surface area (Å²) < 4.78 is 0. The van der Waals surface area contributed by atoms with Gasteiger partial charge in [0.25, 0.3) is 5.91 Å². The molecule has 4 heteroatoms. The van der Waals surface area contributed by atoms with Crippen molar-refractivity contribution in [1.29, 1.82) is 0 Å². The van der Waals surface area contributed by atoms with Gasteiger partial charge in [0, 0.05) is 11.1 Å². The van der Waals surface area contributed by atoms with E-state index in [-0.39, 0.29) is 6.04 Å². The Morgan fingerprint density at radius 1 is 1.47 bits per heavy atom. The summed E-state index contributed by atoms with van der Waals surface area (Å²) in [5.74, 6) is -0.410. The highest BCUT2D eigenvalue weighted by Crippen LogP contribution is 2.17. The molecule has 0 radical (unpaired) electrons. The number of rotatable bonds is 3. The van der Waals surface area contributed by atoms with Gasteiger partial charge in [0.2, 0.25) is 0 Å². The number of nitrogens with one attached hydrogen (secondary N) is 1. The van der Waals surface area contributed by atoms with Gasteiger partial charge >= 0.3 is 0 Å². The topological polar surface area (TPSA) is 49.3 Å². The Morgan fingerprint density at radius 2 is 2.13 bits per heavy atom. The summed E-state index contributed by atoms with van der Waals surface area (Å²) in [5.41, 5.74) is 0.501. The first-order valence-corrected chi connectivity index (χ1v) is 5.12. The van der Waals surface area contributed by atoms with E-state index in [1.165, 1.54) is 0 Å². The number of amides is 1. The minimum Gasteiger partial charge on any atom is -0.378 e. The molecule has 0 aliphatic heterocycles. The van der Waals surface area contributed by atoms with Crippen LogP contribution in [0.25, 0.3) is 0 Å². The van der Waals surface area contributed by atoms with E-state index in [0.29, 0.717) is 10.6 Å². The molecule has 3 nitrogen and oxygen atoms in total. The summed E-state index contributed by atoms with van der Waals surface area (Å²) in [6.07, 6.45) is -1.16. The number of aliphatic hydroxyl groups excluding tert-OH is 1. The molecular formula is C11H14ClNO2. The van der Waals surface area contributed by atoms with Crippen molar-refractivity contribution < 1.29 is 9.90 Å². The largest absolute Gasteiger partial charge is 0.378 e. The standard InChI is InChI=1S/C11H14ClNO2/c1-7(2)13-11(15)10(14)8-4-3-5-9(12)6-8/h3-7,10,14H,1-2H3,(H,13,15). The number of hydrogen-bond donors (Lipinski definition) is 2. The Bertz CT molecular complexity index is 352. The van der Waals surface area contributed by atoms with Crippen molar-refractivity contribution in [2.45, 2.75) is 26.0 Å². The zero-order valence-corrected chi connectivity index (χ0v) is 9.45. The van der Waals surface area contributed by atoms with Gasteiger partial charge in [-0.25, -0.2) is 0 Å². The van der Waals surface area contributed by atoms with E-state index >= 15 is 0 Å². The van der Waals surface area contributed by atoms with Crippen LogP contribution in [-0.4, -0.2) is 17.1 Å². The molecular weight excluding hydrogens is 214 g/mol. The molecule has 15 heavy (non-hydrogen) atoms. The van der Waals surface area contributed by atoms with Crippen LogP contribution in [0.3, 0.4) is 0 Å². The normalized spacial score (nSPS) is 12.6. The van der Waals surface area contributed by atoms with Crippen LogP contribution in [0.5, 0.6) is 0 Å². The van der Waals surface area contributed by atoms with Gasteiger partial charge in [-0.3, -0.25) is 4.79 Å². The van der Waals surface area contributed by atoms with Crippen molar-refractivity contribution in [2.75, 3.05) is 0 Å². The van der Waals surface area contributed by atoms with E-state index < -0.39 is 12.0 Å². The first-order chi connectivity index (χ1) is 7.00. The molecule has 2 N–H and O–H groups in total. The third-order valence-corrected chi connectivity index (χ3v) is 2.08. The maximum absolute atomic E-state index is 11.5. The fraction of sp³-hybridized carbons (Fsp3) is 0.364. The van der Waals surface area contributed by atoms with Crippen molar-refractivity contribution in [3.05, 3.63) is 34.9 Å². The Labute approximate surface area is 94.1 Å². The molecule has 1 aromatic carbocycles. The molecule has 0 saturated carbocycles. The Hall–Kier alpha value is -1.06. The zero-order chi connectivity index (χ0) is 11.4. The second kappa shape index (κ2) is 5.14. The van der Waals surface area contributed by atoms with Gasteiger partial charge in [0.15, 0.2) is 6.10 Å². The number of aliphatic hydroxyl groups is 1. The third-order valence-electron chi connectivity index (χ3n) is 1.84. The van der Waals surface area contributed by atoms with Gasteiger partial charge in [-0.15, -0.1) is 0 Å². The van der Waals surface area contributed by atoms with Crippen LogP contribution in [0.2, 0.25) is 5.02 Å². The van der Waals surface area contributed by atoms with Gasteiger partial charge in [-0.1, -0.05) is 23.7 Å². The minimum absolute atomic E-state index is 0.00586. The predicted molar refractivity (Wildman–Crippen MR) is 59.7 cm³/mol. The summed E-state index contributed by atoms with van der Waals surface area (Å²) in [4.78, 5) is 11.5. The van der Waals surface area contributed by atoms with Gasteiger partial charge in [-0.2, -0.15) is 0 Å². The first kappa shape index (κ1) is 12.0. The summed E-state index contributed by atoms with van der Waals surface area (Å²) >= 11 is 5.76. The van der Waals surface area contributed by atoms with Crippen molar-refractivity contribution in [3.8, 4) is 0 Å². The number of carbonyl (C=O) groups excluding carboxylic acids is 1. The summed E-state index contributed by atoms with van der Waals surface area (Å²) in [6.45, 7) is 3.67. The lowest BCUT2D eigenvalue weighted by atomic mass is 10.1. The lowest BCUT2D eigenvalue weighted by Gasteiger charge is -2.13. The smallest absolute Gasteiger partial charge is 0.253 e. The zero-order valence-electron chi connectivity index (χ0n) is 8.70. The maximum Gasteiger partial charge on any atom is 0.253 e. The van der Waals surface area contributed by atoms with Crippen molar-refractivity contribution >= 4 is 17.5 Å². The molecule has 0 aliphatic rings. The van der Waals surface area contributed by atoms with Crippen LogP contribution in [-0.2, 0) is 4.79 Å². The quantitative estimate of drug-likeness (QED) is 0.829. The number of hydrogen-bond acceptors (Lipinski definition) is 2. The molecule has 0 aliphatic carbocycles. The highest BCUT2D eigenvalue weighted by molar-refractivity contribution is 6.30. The second-order valence-electron chi connectivity index (χ2n) is 3.62. The fourth-order valence-electron chi connectivity index (χ4n) is 1.19. The van der Waals surface area contributed by atoms with Gasteiger partial charge in [0.1, 0.15) is 0 Å². The lowest BCUT2D eigenvalue weighted by Crippen LogP contribution is -2.34. The SMILES string of the molecule is CC(C)NC(=O)C(O)c1cccc(Cl)c1. The highest BCUT2D eigenvalue weighted by atomic mass is 35.5. The first-order valence-electron chi connectivity index (χ1n) is 4.74. The van der Waals surface area contributed by atoms with E-state index in [2.05, 4.69) is 5.32 Å². The van der Waals surface area contributed by atoms with E-state index in [0.717, 1.165) is 0 Å². The molecule has 0 heterocycles.